The smallest absolute Gasteiger partial charge is 0.260 e. The number of nitriles is 1. The van der Waals surface area contributed by atoms with E-state index in [0.29, 0.717) is 37.9 Å². The monoisotopic (exact) mass is 309 g/mol. The van der Waals surface area contributed by atoms with Gasteiger partial charge in [0, 0.05) is 5.56 Å². The molecule has 0 aliphatic rings. The summed E-state index contributed by atoms with van der Waals surface area (Å²) in [5.74, 6) is -0.0495. The molecule has 0 unspecified atom stereocenters. The fourth-order valence-electron chi connectivity index (χ4n) is 2.20. The lowest BCUT2D eigenvalue weighted by Gasteiger charge is -2.03. The van der Waals surface area contributed by atoms with E-state index in [9.17, 15) is 4.79 Å². The fraction of sp³-hybridized carbons (Fsp3) is 0.0667. The second-order valence-corrected chi connectivity index (χ2v) is 5.71. The van der Waals surface area contributed by atoms with Crippen LogP contribution >= 0.6 is 11.3 Å². The number of nitrogens with two attached hydrogens (primary N) is 2. The Kier molecular flexibility index (Phi) is 3.23. The average molecular weight is 309 g/mol. The number of rotatable bonds is 2. The van der Waals surface area contributed by atoms with Gasteiger partial charge in [0.1, 0.15) is 9.71 Å². The topological polar surface area (TPSA) is 119 Å². The number of nitrogens with zero attached hydrogens (tertiary/aromatic N) is 3. The van der Waals surface area contributed by atoms with Gasteiger partial charge in [-0.25, -0.2) is 9.97 Å². The molecule has 6 nitrogen and oxygen atoms in total. The van der Waals surface area contributed by atoms with Crippen molar-refractivity contribution in [3.63, 3.8) is 0 Å². The van der Waals surface area contributed by atoms with Gasteiger partial charge in [0.2, 0.25) is 0 Å². The van der Waals surface area contributed by atoms with Crippen molar-refractivity contribution in [2.24, 2.45) is 5.73 Å². The van der Waals surface area contributed by atoms with Crippen LogP contribution in [0.1, 0.15) is 20.9 Å². The molecular weight excluding hydrogens is 298 g/mol. The van der Waals surface area contributed by atoms with Crippen LogP contribution in [-0.4, -0.2) is 15.9 Å². The van der Waals surface area contributed by atoms with Gasteiger partial charge in [0.05, 0.1) is 28.4 Å². The average Bonchev–Trinajstić information content (AvgIpc) is 2.85. The van der Waals surface area contributed by atoms with Crippen molar-refractivity contribution in [3.05, 3.63) is 40.4 Å². The summed E-state index contributed by atoms with van der Waals surface area (Å²) in [4.78, 5) is 21.2. The van der Waals surface area contributed by atoms with E-state index in [1.807, 2.05) is 6.92 Å². The third-order valence-corrected chi connectivity index (χ3v) is 4.38. The van der Waals surface area contributed by atoms with Gasteiger partial charge in [-0.15, -0.1) is 11.3 Å². The summed E-state index contributed by atoms with van der Waals surface area (Å²) in [6.07, 6.45) is 0. The van der Waals surface area contributed by atoms with Crippen molar-refractivity contribution in [1.82, 2.24) is 9.97 Å². The molecule has 2 aromatic heterocycles. The minimum Gasteiger partial charge on any atom is -0.397 e. The molecule has 1 aromatic carbocycles. The summed E-state index contributed by atoms with van der Waals surface area (Å²) in [5.41, 5.74) is 13.7. The summed E-state index contributed by atoms with van der Waals surface area (Å²) >= 11 is 1.16. The quantitative estimate of drug-likeness (QED) is 0.752. The van der Waals surface area contributed by atoms with E-state index in [1.165, 1.54) is 0 Å². The first-order valence-corrected chi connectivity index (χ1v) is 7.20. The van der Waals surface area contributed by atoms with Gasteiger partial charge in [-0.05, 0) is 31.2 Å². The van der Waals surface area contributed by atoms with Crippen LogP contribution in [-0.2, 0) is 0 Å². The number of nitrogen functional groups attached to an aromatic ring is 1. The van der Waals surface area contributed by atoms with Crippen LogP contribution in [0.4, 0.5) is 5.69 Å². The molecule has 108 valence electrons. The van der Waals surface area contributed by atoms with Gasteiger partial charge >= 0.3 is 0 Å². The SMILES string of the molecule is Cc1nc(-c2ccc(C#N)cc2)nc2sc(C(N)=O)c(N)c12. The van der Waals surface area contributed by atoms with E-state index in [0.717, 1.165) is 16.9 Å². The zero-order chi connectivity index (χ0) is 15.9. The van der Waals surface area contributed by atoms with Gasteiger partial charge in [-0.2, -0.15) is 5.26 Å². The zero-order valence-corrected chi connectivity index (χ0v) is 12.4. The van der Waals surface area contributed by atoms with E-state index < -0.39 is 5.91 Å². The summed E-state index contributed by atoms with van der Waals surface area (Å²) in [6.45, 7) is 1.81. The Bertz CT molecular complexity index is 937. The Morgan fingerprint density at radius 2 is 1.95 bits per heavy atom. The molecule has 0 spiro atoms. The lowest BCUT2D eigenvalue weighted by Crippen LogP contribution is -2.10. The molecule has 0 radical (unpaired) electrons. The fourth-order valence-corrected chi connectivity index (χ4v) is 3.20. The largest absolute Gasteiger partial charge is 0.397 e. The normalized spacial score (nSPS) is 10.5. The number of benzene rings is 1. The number of anilines is 1. The van der Waals surface area contributed by atoms with Crippen LogP contribution in [0.3, 0.4) is 0 Å². The van der Waals surface area contributed by atoms with E-state index in [-0.39, 0.29) is 0 Å². The second kappa shape index (κ2) is 5.09. The number of aromatic nitrogens is 2. The molecule has 0 saturated heterocycles. The first-order valence-electron chi connectivity index (χ1n) is 6.38. The highest BCUT2D eigenvalue weighted by Crippen LogP contribution is 2.35. The van der Waals surface area contributed by atoms with E-state index in [1.54, 1.807) is 24.3 Å². The third kappa shape index (κ3) is 2.16. The molecule has 0 aliphatic carbocycles. The van der Waals surface area contributed by atoms with Crippen LogP contribution < -0.4 is 11.5 Å². The zero-order valence-electron chi connectivity index (χ0n) is 11.6. The summed E-state index contributed by atoms with van der Waals surface area (Å²) in [6, 6.07) is 9.04. The maximum absolute atomic E-state index is 11.4. The highest BCUT2D eigenvalue weighted by molar-refractivity contribution is 7.21. The molecule has 2 heterocycles. The minimum absolute atomic E-state index is 0.296. The van der Waals surface area contributed by atoms with Crippen molar-refractivity contribution in [2.45, 2.75) is 6.92 Å². The molecule has 1 amide bonds. The Hall–Kier alpha value is -2.98. The van der Waals surface area contributed by atoms with Crippen molar-refractivity contribution in [2.75, 3.05) is 5.73 Å². The molecule has 0 aliphatic heterocycles. The molecular formula is C15H11N5OS. The molecule has 7 heteroatoms. The number of hydrogen-bond donors (Lipinski definition) is 2. The van der Waals surface area contributed by atoms with Gasteiger partial charge in [-0.3, -0.25) is 4.79 Å². The number of aryl methyl sites for hydroxylation is 1. The maximum Gasteiger partial charge on any atom is 0.260 e. The first-order chi connectivity index (χ1) is 10.5. The highest BCUT2D eigenvalue weighted by atomic mass is 32.1. The summed E-state index contributed by atoms with van der Waals surface area (Å²) in [7, 11) is 0. The number of carbonyl (C=O) groups is 1. The number of thiophene rings is 1. The van der Waals surface area contributed by atoms with E-state index in [4.69, 9.17) is 16.7 Å². The summed E-state index contributed by atoms with van der Waals surface area (Å²) < 4.78 is 0. The van der Waals surface area contributed by atoms with Crippen LogP contribution in [0, 0.1) is 18.3 Å². The summed E-state index contributed by atoms with van der Waals surface area (Å²) in [5, 5.41) is 9.50. The standard InChI is InChI=1S/C15H11N5OS/c1-7-10-11(17)12(13(18)21)22-15(10)20-14(19-7)9-4-2-8(6-16)3-5-9/h2-5H,17H2,1H3,(H2,18,21). The minimum atomic E-state index is -0.570. The van der Waals surface area contributed by atoms with Gasteiger partial charge < -0.3 is 11.5 Å². The lowest BCUT2D eigenvalue weighted by atomic mass is 10.1. The second-order valence-electron chi connectivity index (χ2n) is 4.71. The van der Waals surface area contributed by atoms with Crippen molar-refractivity contribution in [1.29, 1.82) is 5.26 Å². The molecule has 0 saturated carbocycles. The number of primary amides is 1. The van der Waals surface area contributed by atoms with Gasteiger partial charge in [0.15, 0.2) is 5.82 Å². The van der Waals surface area contributed by atoms with Gasteiger partial charge in [0.25, 0.3) is 5.91 Å². The Labute approximate surface area is 130 Å². The maximum atomic E-state index is 11.4. The molecule has 22 heavy (non-hydrogen) atoms. The molecule has 0 atom stereocenters. The van der Waals surface area contributed by atoms with Crippen LogP contribution in [0.2, 0.25) is 0 Å². The first kappa shape index (κ1) is 14.0. The Morgan fingerprint density at radius 1 is 1.27 bits per heavy atom. The third-order valence-electron chi connectivity index (χ3n) is 3.27. The predicted molar refractivity (Wildman–Crippen MR) is 85.2 cm³/mol. The van der Waals surface area contributed by atoms with E-state index >= 15 is 0 Å². The predicted octanol–water partition coefficient (Wildman–Crippen LogP) is 2.22. The van der Waals surface area contributed by atoms with Crippen molar-refractivity contribution < 1.29 is 4.79 Å². The van der Waals surface area contributed by atoms with Crippen LogP contribution in [0.25, 0.3) is 21.6 Å². The van der Waals surface area contributed by atoms with Crippen molar-refractivity contribution >= 4 is 33.1 Å². The molecule has 0 fully saturated rings. The number of amides is 1. The molecule has 0 bridgehead atoms. The van der Waals surface area contributed by atoms with Crippen LogP contribution in [0.15, 0.2) is 24.3 Å². The molecule has 4 N–H and O–H groups in total. The lowest BCUT2D eigenvalue weighted by molar-refractivity contribution is 0.100. The van der Waals surface area contributed by atoms with Crippen LogP contribution in [0.5, 0.6) is 0 Å². The number of carbonyl (C=O) groups excluding carboxylic acids is 1. The number of hydrogen-bond acceptors (Lipinski definition) is 6. The number of fused-ring (bicyclic) bond motifs is 1. The Morgan fingerprint density at radius 3 is 2.55 bits per heavy atom. The Balaban J connectivity index is 2.20. The van der Waals surface area contributed by atoms with E-state index in [2.05, 4.69) is 16.0 Å². The highest BCUT2D eigenvalue weighted by Gasteiger charge is 2.18. The van der Waals surface area contributed by atoms with Crippen molar-refractivity contribution in [3.8, 4) is 17.5 Å². The van der Waals surface area contributed by atoms with Gasteiger partial charge in [-0.1, -0.05) is 0 Å². The molecule has 3 aromatic rings. The molecule has 3 rings (SSSR count).